The van der Waals surface area contributed by atoms with Crippen molar-refractivity contribution in [3.05, 3.63) is 29.8 Å². The Morgan fingerprint density at radius 3 is 2.43 bits per heavy atom. The van der Waals surface area contributed by atoms with Gasteiger partial charge >= 0.3 is 0 Å². The standard InChI is InChI=1S/C16H23N3O2/c17-14-5-3-1-2-4-13(14)16(21)19-12-8-6-11(7-9-12)10-15(18)20/h6-9,13-14H,1-5,10,17H2,(H2,18,20)(H,19,21). The first-order valence-electron chi connectivity index (χ1n) is 7.50. The molecule has 1 aliphatic carbocycles. The van der Waals surface area contributed by atoms with Crippen molar-refractivity contribution in [2.45, 2.75) is 44.6 Å². The molecule has 114 valence electrons. The number of carbonyl (C=O) groups excluding carboxylic acids is 2. The van der Waals surface area contributed by atoms with Crippen LogP contribution in [0.4, 0.5) is 5.69 Å². The van der Waals surface area contributed by atoms with Crippen molar-refractivity contribution < 1.29 is 9.59 Å². The van der Waals surface area contributed by atoms with Crippen LogP contribution in [0, 0.1) is 5.92 Å². The van der Waals surface area contributed by atoms with Crippen LogP contribution in [-0.2, 0) is 16.0 Å². The molecular weight excluding hydrogens is 266 g/mol. The van der Waals surface area contributed by atoms with E-state index in [4.69, 9.17) is 11.5 Å². The van der Waals surface area contributed by atoms with Crippen molar-refractivity contribution in [3.8, 4) is 0 Å². The Hall–Kier alpha value is -1.88. The van der Waals surface area contributed by atoms with Gasteiger partial charge in [-0.05, 0) is 30.5 Å². The normalized spacial score (nSPS) is 22.3. The third kappa shape index (κ3) is 4.56. The van der Waals surface area contributed by atoms with Gasteiger partial charge in [0.05, 0.1) is 12.3 Å². The zero-order valence-electron chi connectivity index (χ0n) is 12.2. The van der Waals surface area contributed by atoms with Gasteiger partial charge in [0.25, 0.3) is 0 Å². The van der Waals surface area contributed by atoms with Crippen molar-refractivity contribution in [2.75, 3.05) is 5.32 Å². The summed E-state index contributed by atoms with van der Waals surface area (Å²) in [6.45, 7) is 0. The first-order chi connectivity index (χ1) is 10.1. The lowest BCUT2D eigenvalue weighted by Crippen LogP contribution is -2.37. The van der Waals surface area contributed by atoms with Crippen LogP contribution in [0.1, 0.15) is 37.7 Å². The Bertz CT molecular complexity index is 499. The zero-order chi connectivity index (χ0) is 15.2. The summed E-state index contributed by atoms with van der Waals surface area (Å²) in [6, 6.07) is 7.12. The molecule has 2 rings (SSSR count). The summed E-state index contributed by atoms with van der Waals surface area (Å²) in [7, 11) is 0. The number of rotatable bonds is 4. The highest BCUT2D eigenvalue weighted by atomic mass is 16.2. The second-order valence-corrected chi connectivity index (χ2v) is 5.74. The van der Waals surface area contributed by atoms with E-state index in [1.807, 2.05) is 0 Å². The number of carbonyl (C=O) groups is 2. The van der Waals surface area contributed by atoms with Gasteiger partial charge in [0.15, 0.2) is 0 Å². The molecule has 5 heteroatoms. The maximum absolute atomic E-state index is 12.3. The summed E-state index contributed by atoms with van der Waals surface area (Å²) >= 11 is 0. The lowest BCUT2D eigenvalue weighted by atomic mass is 9.94. The minimum atomic E-state index is -0.365. The van der Waals surface area contributed by atoms with Gasteiger partial charge in [-0.25, -0.2) is 0 Å². The highest BCUT2D eigenvalue weighted by Crippen LogP contribution is 2.23. The van der Waals surface area contributed by atoms with Gasteiger partial charge in [0, 0.05) is 11.7 Å². The predicted octanol–water partition coefficient (Wildman–Crippen LogP) is 1.56. The lowest BCUT2D eigenvalue weighted by Gasteiger charge is -2.20. The molecule has 1 aliphatic rings. The molecule has 0 bridgehead atoms. The maximum atomic E-state index is 12.3. The van der Waals surface area contributed by atoms with Crippen LogP contribution >= 0.6 is 0 Å². The van der Waals surface area contributed by atoms with E-state index in [-0.39, 0.29) is 30.2 Å². The topological polar surface area (TPSA) is 98.2 Å². The molecule has 2 amide bonds. The van der Waals surface area contributed by atoms with Crippen LogP contribution in [0.15, 0.2) is 24.3 Å². The summed E-state index contributed by atoms with van der Waals surface area (Å²) < 4.78 is 0. The van der Waals surface area contributed by atoms with Crippen molar-refractivity contribution in [2.24, 2.45) is 17.4 Å². The van der Waals surface area contributed by atoms with Crippen molar-refractivity contribution in [1.82, 2.24) is 0 Å². The van der Waals surface area contributed by atoms with E-state index in [0.717, 1.165) is 43.4 Å². The molecule has 1 saturated carbocycles. The van der Waals surface area contributed by atoms with Crippen LogP contribution in [0.3, 0.4) is 0 Å². The van der Waals surface area contributed by atoms with E-state index in [1.165, 1.54) is 0 Å². The molecule has 0 aliphatic heterocycles. The van der Waals surface area contributed by atoms with Crippen LogP contribution < -0.4 is 16.8 Å². The van der Waals surface area contributed by atoms with E-state index in [2.05, 4.69) is 5.32 Å². The largest absolute Gasteiger partial charge is 0.369 e. The Balaban J connectivity index is 1.96. The smallest absolute Gasteiger partial charge is 0.229 e. The highest BCUT2D eigenvalue weighted by Gasteiger charge is 2.26. The summed E-state index contributed by atoms with van der Waals surface area (Å²) in [5, 5.41) is 2.92. The number of hydrogen-bond donors (Lipinski definition) is 3. The quantitative estimate of drug-likeness (QED) is 0.733. The molecule has 21 heavy (non-hydrogen) atoms. The first-order valence-corrected chi connectivity index (χ1v) is 7.50. The Labute approximate surface area is 125 Å². The van der Waals surface area contributed by atoms with E-state index in [9.17, 15) is 9.59 Å². The number of benzene rings is 1. The van der Waals surface area contributed by atoms with E-state index in [0.29, 0.717) is 0 Å². The minimum absolute atomic E-state index is 0.00736. The Morgan fingerprint density at radius 1 is 1.10 bits per heavy atom. The molecule has 0 heterocycles. The van der Waals surface area contributed by atoms with E-state index < -0.39 is 0 Å². The van der Waals surface area contributed by atoms with Crippen LogP contribution in [0.5, 0.6) is 0 Å². The van der Waals surface area contributed by atoms with E-state index in [1.54, 1.807) is 24.3 Å². The molecular formula is C16H23N3O2. The monoisotopic (exact) mass is 289 g/mol. The number of amides is 2. The molecule has 1 aromatic carbocycles. The fourth-order valence-corrected chi connectivity index (χ4v) is 2.80. The lowest BCUT2D eigenvalue weighted by molar-refractivity contribution is -0.120. The summed E-state index contributed by atoms with van der Waals surface area (Å²) in [5.74, 6) is -0.485. The summed E-state index contributed by atoms with van der Waals surface area (Å²) in [6.07, 6.45) is 5.29. The number of anilines is 1. The van der Waals surface area contributed by atoms with Crippen molar-refractivity contribution in [1.29, 1.82) is 0 Å². The Kier molecular flexibility index (Phi) is 5.33. The van der Waals surface area contributed by atoms with Gasteiger partial charge < -0.3 is 16.8 Å². The van der Waals surface area contributed by atoms with Gasteiger partial charge in [0.1, 0.15) is 0 Å². The SMILES string of the molecule is NC(=O)Cc1ccc(NC(=O)C2CCCCCC2N)cc1. The number of hydrogen-bond acceptors (Lipinski definition) is 3. The molecule has 5 N–H and O–H groups in total. The second kappa shape index (κ2) is 7.22. The predicted molar refractivity (Wildman–Crippen MR) is 82.5 cm³/mol. The fraction of sp³-hybridized carbons (Fsp3) is 0.500. The molecule has 0 radical (unpaired) electrons. The van der Waals surface area contributed by atoms with Gasteiger partial charge in [-0.3, -0.25) is 9.59 Å². The third-order valence-electron chi connectivity index (χ3n) is 4.01. The van der Waals surface area contributed by atoms with Crippen molar-refractivity contribution >= 4 is 17.5 Å². The molecule has 5 nitrogen and oxygen atoms in total. The second-order valence-electron chi connectivity index (χ2n) is 5.74. The van der Waals surface area contributed by atoms with Gasteiger partial charge in [-0.2, -0.15) is 0 Å². The van der Waals surface area contributed by atoms with Gasteiger partial charge in [-0.1, -0.05) is 31.4 Å². The van der Waals surface area contributed by atoms with Gasteiger partial charge in [0.2, 0.25) is 11.8 Å². The average Bonchev–Trinajstić information content (AvgIpc) is 2.65. The average molecular weight is 289 g/mol. The van der Waals surface area contributed by atoms with Crippen molar-refractivity contribution in [3.63, 3.8) is 0 Å². The van der Waals surface area contributed by atoms with E-state index >= 15 is 0 Å². The number of primary amides is 1. The Morgan fingerprint density at radius 2 is 1.76 bits per heavy atom. The minimum Gasteiger partial charge on any atom is -0.369 e. The summed E-state index contributed by atoms with van der Waals surface area (Å²) in [4.78, 5) is 23.2. The number of nitrogens with one attached hydrogen (secondary N) is 1. The molecule has 0 saturated heterocycles. The maximum Gasteiger partial charge on any atom is 0.229 e. The molecule has 2 unspecified atom stereocenters. The van der Waals surface area contributed by atoms with Gasteiger partial charge in [-0.15, -0.1) is 0 Å². The zero-order valence-corrected chi connectivity index (χ0v) is 12.2. The molecule has 0 spiro atoms. The molecule has 1 fully saturated rings. The molecule has 0 aromatic heterocycles. The first kappa shape index (κ1) is 15.5. The van der Waals surface area contributed by atoms with Crippen LogP contribution in [0.25, 0.3) is 0 Å². The molecule has 2 atom stereocenters. The number of nitrogens with two attached hydrogens (primary N) is 2. The third-order valence-corrected chi connectivity index (χ3v) is 4.01. The highest BCUT2D eigenvalue weighted by molar-refractivity contribution is 5.93. The molecule has 1 aromatic rings. The summed E-state index contributed by atoms with van der Waals surface area (Å²) in [5.41, 5.74) is 12.8. The van der Waals surface area contributed by atoms with Crippen LogP contribution in [-0.4, -0.2) is 17.9 Å². The fourth-order valence-electron chi connectivity index (χ4n) is 2.80. The van der Waals surface area contributed by atoms with Crippen LogP contribution in [0.2, 0.25) is 0 Å².